The minimum absolute atomic E-state index is 0.0370. The van der Waals surface area contributed by atoms with Crippen LogP contribution in [0.15, 0.2) is 211 Å². The molecule has 8 aromatic carbocycles. The molecular weight excluding hydrogens is 1500 g/mol. The molecular formula is C90H94BrClN10O10. The summed E-state index contributed by atoms with van der Waals surface area (Å²) in [5, 5.41) is 13.4. The lowest BCUT2D eigenvalue weighted by molar-refractivity contribution is -0.136. The van der Waals surface area contributed by atoms with Gasteiger partial charge in [-0.2, -0.15) is 0 Å². The molecule has 20 nitrogen and oxygen atoms in total. The molecule has 0 bridgehead atoms. The first-order valence-corrected chi connectivity index (χ1v) is 39.4. The maximum Gasteiger partial charge on any atom is 0.247 e. The Morgan fingerprint density at radius 3 is 0.964 bits per heavy atom. The van der Waals surface area contributed by atoms with Crippen LogP contribution in [0.25, 0.3) is 44.3 Å². The summed E-state index contributed by atoms with van der Waals surface area (Å²) < 4.78 is 0.847. The average Bonchev–Trinajstić information content (AvgIpc) is 1.54. The van der Waals surface area contributed by atoms with Gasteiger partial charge in [0.25, 0.3) is 0 Å². The Hall–Kier alpha value is -11.3. The third kappa shape index (κ3) is 19.7. The van der Waals surface area contributed by atoms with Crippen molar-refractivity contribution >= 4 is 130 Å². The fourth-order valence-electron chi connectivity index (χ4n) is 14.7. The molecule has 0 saturated carbocycles. The van der Waals surface area contributed by atoms with Crippen LogP contribution in [-0.2, 0) is 68.8 Å². The van der Waals surface area contributed by atoms with E-state index >= 15 is 0 Å². The maximum absolute atomic E-state index is 14.1. The molecule has 14 rings (SSSR count). The lowest BCUT2D eigenvalue weighted by atomic mass is 9.84. The standard InChI is InChI=1S/C45H47N5O5.C40H38BrN5O4.C5H9ClO/c1-45(2,3)42(53)40-34-28-33(47-44(55)37-17-11-25-50(37)39(52)27-30-14-8-5-9-15-30)22-23-35(34)48-41(40)31-18-20-32(21-19-31)46-43(54)36-16-10-24-49(36)38(51)26-29-12-6-4-7-13-29;41-37-31-25-30(43-40(50)34-14-8-22-46(34)36(48)24-27-11-5-2-6-12-27)19-20-32(31)44-38(37)28-15-17-29(18-16-28)42-39(49)33-13-7-21-45(33)35(47)23-26-9-3-1-4-10-26;1-5(2,3)4(6)7/h4-9,12-15,18-23,28,36-37,48H,10-11,16-17,24-27H2,1-3H3,(H,46,54)(H,47,55);1-6,9-12,15-20,25,33-34,44H,7-8,13-14,21-24H2,(H,42,49)(H,43,50);1-3H3/t36-,37-;33-,34-;/m00./s1. The molecule has 578 valence electrons. The summed E-state index contributed by atoms with van der Waals surface area (Å²) >= 11 is 8.87. The molecule has 4 aliphatic rings. The van der Waals surface area contributed by atoms with Gasteiger partial charge >= 0.3 is 0 Å². The zero-order valence-electron chi connectivity index (χ0n) is 63.9. The number of H-pyrrole nitrogens is 2. The number of ketones is 1. The Bertz CT molecular complexity index is 5100. The molecule has 8 amide bonds. The minimum atomic E-state index is -0.703. The van der Waals surface area contributed by atoms with E-state index in [0.29, 0.717) is 91.3 Å². The van der Waals surface area contributed by atoms with E-state index in [0.717, 1.165) is 85.7 Å². The van der Waals surface area contributed by atoms with Crippen LogP contribution in [0, 0.1) is 10.8 Å². The van der Waals surface area contributed by atoms with Crippen LogP contribution in [0.2, 0.25) is 0 Å². The van der Waals surface area contributed by atoms with Gasteiger partial charge in [-0.1, -0.05) is 187 Å². The largest absolute Gasteiger partial charge is 0.354 e. The molecule has 4 atom stereocenters. The van der Waals surface area contributed by atoms with Crippen molar-refractivity contribution in [2.45, 2.75) is 143 Å². The summed E-state index contributed by atoms with van der Waals surface area (Å²) in [4.78, 5) is 144. The first-order chi connectivity index (χ1) is 53.7. The second kappa shape index (κ2) is 35.8. The number of aromatic nitrogens is 2. The number of carbonyl (C=O) groups excluding carboxylic acids is 10. The van der Waals surface area contributed by atoms with Gasteiger partial charge in [0.15, 0.2) is 5.78 Å². The quantitative estimate of drug-likeness (QED) is 0.0329. The molecule has 0 spiro atoms. The van der Waals surface area contributed by atoms with E-state index in [4.69, 9.17) is 11.6 Å². The zero-order chi connectivity index (χ0) is 79.4. The summed E-state index contributed by atoms with van der Waals surface area (Å²) in [5.41, 5.74) is 10.4. The number of carbonyl (C=O) groups is 10. The van der Waals surface area contributed by atoms with E-state index in [1.54, 1.807) is 58.6 Å². The smallest absolute Gasteiger partial charge is 0.247 e. The summed E-state index contributed by atoms with van der Waals surface area (Å²) in [5.74, 6) is -1.13. The average molecular weight is 1590 g/mol. The Morgan fingerprint density at radius 1 is 0.375 bits per heavy atom. The number of amides is 8. The number of hydrogen-bond acceptors (Lipinski definition) is 10. The highest BCUT2D eigenvalue weighted by atomic mass is 79.9. The number of anilines is 4. The Kier molecular flexibility index (Phi) is 25.7. The van der Waals surface area contributed by atoms with Crippen LogP contribution in [0.4, 0.5) is 22.7 Å². The molecule has 6 heterocycles. The van der Waals surface area contributed by atoms with Gasteiger partial charge in [0.1, 0.15) is 24.2 Å². The van der Waals surface area contributed by atoms with Crippen molar-refractivity contribution in [2.75, 3.05) is 47.4 Å². The molecule has 2 aromatic heterocycles. The van der Waals surface area contributed by atoms with Crippen LogP contribution in [-0.4, -0.2) is 138 Å². The highest BCUT2D eigenvalue weighted by molar-refractivity contribution is 9.10. The molecule has 22 heteroatoms. The molecule has 0 radical (unpaired) electrons. The van der Waals surface area contributed by atoms with Gasteiger partial charge < -0.3 is 50.8 Å². The predicted octanol–water partition coefficient (Wildman–Crippen LogP) is 16.1. The highest BCUT2D eigenvalue weighted by Gasteiger charge is 2.39. The van der Waals surface area contributed by atoms with E-state index in [-0.39, 0.29) is 89.4 Å². The molecule has 4 saturated heterocycles. The van der Waals surface area contributed by atoms with Gasteiger partial charge in [0.2, 0.25) is 52.5 Å². The van der Waals surface area contributed by atoms with Crippen LogP contribution < -0.4 is 21.3 Å². The third-order valence-electron chi connectivity index (χ3n) is 20.7. The number of rotatable bonds is 19. The monoisotopic (exact) mass is 1590 g/mol. The first kappa shape index (κ1) is 80.2. The van der Waals surface area contributed by atoms with Crippen molar-refractivity contribution < 1.29 is 47.9 Å². The number of fused-ring (bicyclic) bond motifs is 2. The van der Waals surface area contributed by atoms with E-state index < -0.39 is 29.6 Å². The van der Waals surface area contributed by atoms with Crippen molar-refractivity contribution in [3.05, 3.63) is 239 Å². The van der Waals surface area contributed by atoms with Gasteiger partial charge in [-0.3, -0.25) is 47.9 Å². The van der Waals surface area contributed by atoms with E-state index in [9.17, 15) is 47.9 Å². The number of nitrogens with zero attached hydrogens (tertiary/aromatic N) is 4. The molecule has 112 heavy (non-hydrogen) atoms. The van der Waals surface area contributed by atoms with E-state index in [1.165, 1.54) is 0 Å². The number of likely N-dealkylation sites (tertiary alicyclic amines) is 4. The molecule has 4 fully saturated rings. The summed E-state index contributed by atoms with van der Waals surface area (Å²) in [7, 11) is 0. The number of benzene rings is 8. The van der Waals surface area contributed by atoms with Gasteiger partial charge in [-0.05, 0) is 173 Å². The van der Waals surface area contributed by atoms with Crippen molar-refractivity contribution in [2.24, 2.45) is 10.8 Å². The van der Waals surface area contributed by atoms with Crippen molar-refractivity contribution in [3.63, 3.8) is 0 Å². The third-order valence-corrected chi connectivity index (χ3v) is 22.1. The second-order valence-corrected chi connectivity index (χ2v) is 32.2. The van der Waals surface area contributed by atoms with E-state index in [2.05, 4.69) is 47.2 Å². The predicted molar refractivity (Wildman–Crippen MR) is 443 cm³/mol. The minimum Gasteiger partial charge on any atom is -0.354 e. The summed E-state index contributed by atoms with van der Waals surface area (Å²) in [6.45, 7) is 13.2. The molecule has 0 aliphatic carbocycles. The SMILES string of the molecule is CC(C)(C)C(=O)Cl.CC(C)(C)C(=O)c1c(-c2ccc(NC(=O)[C@@H]3CCCN3C(=O)Cc3ccccc3)cc2)[nH]c2ccc(NC(=O)[C@@H]3CCCN3C(=O)Cc3ccccc3)cc12.O=C(Nc1ccc(-c2[nH]c3ccc(NC(=O)[C@@H]4CCCN4C(=O)Cc4ccccc4)cc3c2Br)cc1)[C@@H]1CCCN1C(=O)Cc1ccccc1. The van der Waals surface area contributed by atoms with Crippen molar-refractivity contribution in [1.29, 1.82) is 0 Å². The second-order valence-electron chi connectivity index (χ2n) is 31.1. The van der Waals surface area contributed by atoms with Gasteiger partial charge in [0.05, 0.1) is 47.1 Å². The van der Waals surface area contributed by atoms with Crippen LogP contribution >= 0.6 is 27.5 Å². The van der Waals surface area contributed by atoms with Crippen LogP contribution in [0.5, 0.6) is 0 Å². The molecule has 10 aromatic rings. The normalized spacial score (nSPS) is 16.8. The van der Waals surface area contributed by atoms with Crippen LogP contribution in [0.1, 0.15) is 126 Å². The van der Waals surface area contributed by atoms with Gasteiger partial charge in [-0.25, -0.2) is 0 Å². The fraction of sp³-hybridized carbons (Fsp3) is 0.311. The van der Waals surface area contributed by atoms with Gasteiger partial charge in [0, 0.05) is 81.6 Å². The molecule has 6 N–H and O–H groups in total. The summed E-state index contributed by atoms with van der Waals surface area (Å²) in [6.07, 6.45) is 6.61. The summed E-state index contributed by atoms with van der Waals surface area (Å²) in [6, 6.07) is 62.2. The molecule has 4 aliphatic heterocycles. The van der Waals surface area contributed by atoms with Crippen LogP contribution in [0.3, 0.4) is 0 Å². The zero-order valence-corrected chi connectivity index (χ0v) is 66.2. The van der Waals surface area contributed by atoms with Gasteiger partial charge in [-0.15, -0.1) is 0 Å². The van der Waals surface area contributed by atoms with Crippen molar-refractivity contribution in [1.82, 2.24) is 29.6 Å². The lowest BCUT2D eigenvalue weighted by Gasteiger charge is -2.24. The lowest BCUT2D eigenvalue weighted by Crippen LogP contribution is -2.43. The molecule has 0 unspecified atom stereocenters. The Balaban J connectivity index is 0.000000192. The number of Topliss-reactive ketones (excluding diaryl/α,β-unsaturated/α-hetero) is 1. The Labute approximate surface area is 665 Å². The number of hydrogen-bond donors (Lipinski definition) is 6. The first-order valence-electron chi connectivity index (χ1n) is 38.2. The highest BCUT2D eigenvalue weighted by Crippen LogP contribution is 2.40. The number of halogens is 2. The Morgan fingerprint density at radius 2 is 0.652 bits per heavy atom. The topological polar surface area (TPSA) is 263 Å². The maximum atomic E-state index is 14.1. The van der Waals surface area contributed by atoms with E-state index in [1.807, 2.05) is 209 Å². The van der Waals surface area contributed by atoms with Crippen molar-refractivity contribution in [3.8, 4) is 22.5 Å². The number of nitrogens with one attached hydrogen (secondary N) is 6. The number of aromatic amines is 2. The fourth-order valence-corrected chi connectivity index (χ4v) is 15.4.